The fourth-order valence-corrected chi connectivity index (χ4v) is 2.06. The van der Waals surface area contributed by atoms with Crippen molar-refractivity contribution in [1.29, 1.82) is 0 Å². The van der Waals surface area contributed by atoms with Gasteiger partial charge in [0.15, 0.2) is 0 Å². The second-order valence-electron chi connectivity index (χ2n) is 4.77. The molecule has 104 valence electrons. The lowest BCUT2D eigenvalue weighted by Crippen LogP contribution is -2.48. The van der Waals surface area contributed by atoms with Crippen LogP contribution in [0.15, 0.2) is 6.07 Å². The molecule has 2 amide bonds. The molecule has 7 nitrogen and oxygen atoms in total. The number of amides is 2. The Morgan fingerprint density at radius 3 is 2.53 bits per heavy atom. The van der Waals surface area contributed by atoms with Crippen LogP contribution in [0.2, 0.25) is 0 Å². The zero-order chi connectivity index (χ0) is 14.0. The fraction of sp³-hybridized carbons (Fsp3) is 0.500. The minimum Gasteiger partial charge on any atom is -0.477 e. The average molecular weight is 266 g/mol. The van der Waals surface area contributed by atoms with Crippen molar-refractivity contribution < 1.29 is 14.7 Å². The van der Waals surface area contributed by atoms with Crippen LogP contribution in [0.5, 0.6) is 0 Å². The molecule has 2 rings (SSSR count). The Hall–Kier alpha value is -2.02. The Bertz CT molecular complexity index is 489. The maximum Gasteiger partial charge on any atom is 0.354 e. The van der Waals surface area contributed by atoms with Crippen molar-refractivity contribution in [2.45, 2.75) is 6.92 Å². The van der Waals surface area contributed by atoms with Gasteiger partial charge >= 0.3 is 12.0 Å². The highest BCUT2D eigenvalue weighted by molar-refractivity contribution is 5.99. The number of nitrogens with one attached hydrogen (secondary N) is 2. The number of hydrogen-bond acceptors (Lipinski definition) is 3. The second kappa shape index (κ2) is 5.31. The summed E-state index contributed by atoms with van der Waals surface area (Å²) in [6.07, 6.45) is 0. The van der Waals surface area contributed by atoms with Gasteiger partial charge in [0.05, 0.1) is 5.69 Å². The normalized spacial score (nSPS) is 16.4. The molecule has 1 aromatic heterocycles. The lowest BCUT2D eigenvalue weighted by atomic mass is 10.3. The zero-order valence-corrected chi connectivity index (χ0v) is 11.1. The van der Waals surface area contributed by atoms with Crippen LogP contribution < -0.4 is 5.32 Å². The minimum absolute atomic E-state index is 0.0139. The largest absolute Gasteiger partial charge is 0.477 e. The standard InChI is InChI=1S/C12H18N4O3/c1-8-7-9(10(13-8)11(17)18)14-12(19)16-5-3-15(2)4-6-16/h7,13H,3-6H2,1-2H3,(H,14,19)(H,17,18). The number of aromatic amines is 1. The van der Waals surface area contributed by atoms with Crippen LogP contribution in [0.25, 0.3) is 0 Å². The van der Waals surface area contributed by atoms with Gasteiger partial charge in [-0.2, -0.15) is 0 Å². The molecule has 0 radical (unpaired) electrons. The maximum absolute atomic E-state index is 12.0. The molecule has 0 spiro atoms. The van der Waals surface area contributed by atoms with Crippen LogP contribution in [-0.4, -0.2) is 65.1 Å². The van der Waals surface area contributed by atoms with Gasteiger partial charge in [-0.25, -0.2) is 9.59 Å². The zero-order valence-electron chi connectivity index (χ0n) is 11.1. The molecule has 0 bridgehead atoms. The number of carboxylic acids is 1. The molecule has 0 aromatic carbocycles. The number of aromatic carboxylic acids is 1. The average Bonchev–Trinajstić information content (AvgIpc) is 2.71. The number of aromatic nitrogens is 1. The quantitative estimate of drug-likeness (QED) is 0.738. The van der Waals surface area contributed by atoms with Gasteiger partial charge in [-0.3, -0.25) is 0 Å². The summed E-state index contributed by atoms with van der Waals surface area (Å²) >= 11 is 0. The number of aryl methyl sites for hydroxylation is 1. The summed E-state index contributed by atoms with van der Waals surface area (Å²) in [5, 5.41) is 11.7. The molecule has 1 saturated heterocycles. The Kier molecular flexibility index (Phi) is 3.75. The van der Waals surface area contributed by atoms with Gasteiger partial charge in [0.25, 0.3) is 0 Å². The number of carbonyl (C=O) groups is 2. The highest BCUT2D eigenvalue weighted by Gasteiger charge is 2.21. The third-order valence-corrected chi connectivity index (χ3v) is 3.20. The molecule has 7 heteroatoms. The Balaban J connectivity index is 2.04. The van der Waals surface area contributed by atoms with Crippen molar-refractivity contribution in [1.82, 2.24) is 14.8 Å². The molecular formula is C12H18N4O3. The monoisotopic (exact) mass is 266 g/mol. The fourth-order valence-electron chi connectivity index (χ4n) is 2.06. The molecular weight excluding hydrogens is 248 g/mol. The summed E-state index contributed by atoms with van der Waals surface area (Å²) in [7, 11) is 2.01. The summed E-state index contributed by atoms with van der Waals surface area (Å²) in [4.78, 5) is 29.6. The lowest BCUT2D eigenvalue weighted by Gasteiger charge is -2.32. The van der Waals surface area contributed by atoms with Crippen molar-refractivity contribution in [2.75, 3.05) is 38.5 Å². The SMILES string of the molecule is Cc1cc(NC(=O)N2CCN(C)CC2)c(C(=O)O)[nH]1. The number of rotatable bonds is 2. The first kappa shape index (κ1) is 13.4. The first-order chi connectivity index (χ1) is 8.97. The summed E-state index contributed by atoms with van der Waals surface area (Å²) in [6.45, 7) is 4.69. The van der Waals surface area contributed by atoms with E-state index in [0.717, 1.165) is 13.1 Å². The number of piperazine rings is 1. The summed E-state index contributed by atoms with van der Waals surface area (Å²) < 4.78 is 0. The van der Waals surface area contributed by atoms with Gasteiger partial charge in [0.1, 0.15) is 5.69 Å². The van der Waals surface area contributed by atoms with E-state index < -0.39 is 5.97 Å². The van der Waals surface area contributed by atoms with Crippen LogP contribution in [0.3, 0.4) is 0 Å². The molecule has 1 fully saturated rings. The third-order valence-electron chi connectivity index (χ3n) is 3.20. The Morgan fingerprint density at radius 1 is 1.32 bits per heavy atom. The van der Waals surface area contributed by atoms with Crippen LogP contribution >= 0.6 is 0 Å². The number of anilines is 1. The number of urea groups is 1. The Morgan fingerprint density at radius 2 is 1.95 bits per heavy atom. The third kappa shape index (κ3) is 3.05. The lowest BCUT2D eigenvalue weighted by molar-refractivity contribution is 0.0692. The van der Waals surface area contributed by atoms with E-state index in [2.05, 4.69) is 15.2 Å². The van der Waals surface area contributed by atoms with E-state index in [9.17, 15) is 9.59 Å². The molecule has 1 aliphatic heterocycles. The van der Waals surface area contributed by atoms with E-state index in [1.54, 1.807) is 17.9 Å². The van der Waals surface area contributed by atoms with E-state index >= 15 is 0 Å². The van der Waals surface area contributed by atoms with E-state index in [1.165, 1.54) is 0 Å². The maximum atomic E-state index is 12.0. The van der Waals surface area contributed by atoms with Gasteiger partial charge in [-0.05, 0) is 20.0 Å². The highest BCUT2D eigenvalue weighted by Crippen LogP contribution is 2.17. The van der Waals surface area contributed by atoms with Crippen molar-refractivity contribution in [3.63, 3.8) is 0 Å². The molecule has 0 saturated carbocycles. The van der Waals surface area contributed by atoms with E-state index in [0.29, 0.717) is 24.5 Å². The molecule has 1 aromatic rings. The van der Waals surface area contributed by atoms with Crippen molar-refractivity contribution in [2.24, 2.45) is 0 Å². The van der Waals surface area contributed by atoms with E-state index in [4.69, 9.17) is 5.11 Å². The van der Waals surface area contributed by atoms with Gasteiger partial charge < -0.3 is 25.2 Å². The predicted molar refractivity (Wildman–Crippen MR) is 70.6 cm³/mol. The van der Waals surface area contributed by atoms with Gasteiger partial charge in [-0.15, -0.1) is 0 Å². The smallest absolute Gasteiger partial charge is 0.354 e. The first-order valence-electron chi connectivity index (χ1n) is 6.14. The number of nitrogens with zero attached hydrogens (tertiary/aromatic N) is 2. The number of likely N-dealkylation sites (N-methyl/N-ethyl adjacent to an activating group) is 1. The second-order valence-corrected chi connectivity index (χ2v) is 4.77. The van der Waals surface area contributed by atoms with E-state index in [1.807, 2.05) is 7.05 Å². The van der Waals surface area contributed by atoms with Gasteiger partial charge in [-0.1, -0.05) is 0 Å². The van der Waals surface area contributed by atoms with Crippen LogP contribution in [0, 0.1) is 6.92 Å². The number of H-pyrrole nitrogens is 1. The highest BCUT2D eigenvalue weighted by atomic mass is 16.4. The van der Waals surface area contributed by atoms with Crippen LogP contribution in [0.1, 0.15) is 16.2 Å². The molecule has 2 heterocycles. The minimum atomic E-state index is -1.08. The molecule has 19 heavy (non-hydrogen) atoms. The van der Waals surface area contributed by atoms with Crippen LogP contribution in [-0.2, 0) is 0 Å². The van der Waals surface area contributed by atoms with Crippen LogP contribution in [0.4, 0.5) is 10.5 Å². The summed E-state index contributed by atoms with van der Waals surface area (Å²) in [5.41, 5.74) is 1.03. The topological polar surface area (TPSA) is 88.7 Å². The number of hydrogen-bond donors (Lipinski definition) is 3. The van der Waals surface area contributed by atoms with Crippen molar-refractivity contribution in [3.8, 4) is 0 Å². The molecule has 0 atom stereocenters. The molecule has 0 unspecified atom stereocenters. The van der Waals surface area contributed by atoms with Gasteiger partial charge in [0.2, 0.25) is 0 Å². The predicted octanol–water partition coefficient (Wildman–Crippen LogP) is 0.801. The summed E-state index contributed by atoms with van der Waals surface area (Å²) in [6, 6.07) is 1.37. The van der Waals surface area contributed by atoms with Crippen molar-refractivity contribution >= 4 is 17.7 Å². The molecule has 3 N–H and O–H groups in total. The van der Waals surface area contributed by atoms with Gasteiger partial charge in [0, 0.05) is 31.9 Å². The van der Waals surface area contributed by atoms with Crippen molar-refractivity contribution in [3.05, 3.63) is 17.5 Å². The first-order valence-corrected chi connectivity index (χ1v) is 6.14. The Labute approximate surface area is 111 Å². The molecule has 1 aliphatic rings. The molecule has 0 aliphatic carbocycles. The van der Waals surface area contributed by atoms with E-state index in [-0.39, 0.29) is 11.7 Å². The number of carbonyl (C=O) groups excluding carboxylic acids is 1. The summed E-state index contributed by atoms with van der Waals surface area (Å²) in [5.74, 6) is -1.08. The number of carboxylic acid groups (broad SMARTS) is 1.